The molecule has 2 aromatic heterocycles. The van der Waals surface area contributed by atoms with E-state index in [4.69, 9.17) is 20.8 Å². The Balaban J connectivity index is 1.58. The lowest BCUT2D eigenvalue weighted by Crippen LogP contribution is -2.40. The van der Waals surface area contributed by atoms with Gasteiger partial charge in [-0.3, -0.25) is 9.36 Å². The molecule has 0 fully saturated rings. The molecule has 5 rings (SSSR count). The van der Waals surface area contributed by atoms with E-state index in [9.17, 15) is 9.59 Å². The molecule has 3 heterocycles. The van der Waals surface area contributed by atoms with Crippen LogP contribution in [0.15, 0.2) is 102 Å². The minimum atomic E-state index is -0.692. The van der Waals surface area contributed by atoms with Crippen LogP contribution in [0, 0.1) is 0 Å². The van der Waals surface area contributed by atoms with E-state index < -0.39 is 12.0 Å². The third-order valence-corrected chi connectivity index (χ3v) is 7.77. The topological polar surface area (TPSA) is 73.8 Å². The predicted molar refractivity (Wildman–Crippen MR) is 146 cm³/mol. The van der Waals surface area contributed by atoms with Gasteiger partial charge in [0.05, 0.1) is 27.9 Å². The number of hydrogen-bond acceptors (Lipinski definition) is 7. The zero-order valence-electron chi connectivity index (χ0n) is 20.3. The lowest BCUT2D eigenvalue weighted by Gasteiger charge is -2.25. The molecule has 0 saturated heterocycles. The number of halogens is 1. The van der Waals surface area contributed by atoms with Crippen LogP contribution in [0.2, 0.25) is 5.02 Å². The second kappa shape index (κ2) is 10.6. The van der Waals surface area contributed by atoms with E-state index in [1.54, 1.807) is 43.5 Å². The molecule has 0 radical (unpaired) electrons. The molecule has 1 aliphatic heterocycles. The number of esters is 1. The Morgan fingerprint density at radius 1 is 1.14 bits per heavy atom. The van der Waals surface area contributed by atoms with Gasteiger partial charge in [0.2, 0.25) is 0 Å². The van der Waals surface area contributed by atoms with Crippen molar-refractivity contribution in [2.24, 2.45) is 4.99 Å². The average molecular weight is 551 g/mol. The smallest absolute Gasteiger partial charge is 0.338 e. The third-order valence-electron chi connectivity index (χ3n) is 5.61. The number of allylic oxidation sites excluding steroid dienone is 1. The van der Waals surface area contributed by atoms with E-state index in [0.717, 1.165) is 15.6 Å². The van der Waals surface area contributed by atoms with Crippen LogP contribution in [0.5, 0.6) is 0 Å². The van der Waals surface area contributed by atoms with Crippen molar-refractivity contribution in [2.75, 3.05) is 0 Å². The first kappa shape index (κ1) is 25.3. The van der Waals surface area contributed by atoms with Crippen molar-refractivity contribution in [2.45, 2.75) is 42.9 Å². The van der Waals surface area contributed by atoms with E-state index in [-0.39, 0.29) is 11.7 Å². The highest BCUT2D eigenvalue weighted by Crippen LogP contribution is 2.32. The molecule has 1 atom stereocenters. The van der Waals surface area contributed by atoms with Gasteiger partial charge in [0.15, 0.2) is 9.89 Å². The summed E-state index contributed by atoms with van der Waals surface area (Å²) in [6.45, 7) is 5.33. The number of furan rings is 1. The van der Waals surface area contributed by atoms with Gasteiger partial charge in [-0.25, -0.2) is 9.79 Å². The summed E-state index contributed by atoms with van der Waals surface area (Å²) in [5, 5.41) is 1.28. The monoisotopic (exact) mass is 550 g/mol. The highest BCUT2D eigenvalue weighted by atomic mass is 35.5. The summed E-state index contributed by atoms with van der Waals surface area (Å²) >= 11 is 8.88. The van der Waals surface area contributed by atoms with Gasteiger partial charge in [-0.2, -0.15) is 0 Å². The fourth-order valence-corrected chi connectivity index (χ4v) is 5.97. The van der Waals surface area contributed by atoms with Crippen molar-refractivity contribution < 1.29 is 13.9 Å². The van der Waals surface area contributed by atoms with Crippen LogP contribution in [-0.4, -0.2) is 16.6 Å². The molecule has 37 heavy (non-hydrogen) atoms. The molecule has 188 valence electrons. The second-order valence-corrected chi connectivity index (χ2v) is 11.2. The maximum absolute atomic E-state index is 13.7. The van der Waals surface area contributed by atoms with Crippen LogP contribution in [-0.2, 0) is 9.53 Å². The predicted octanol–water partition coefficient (Wildman–Crippen LogP) is 5.58. The van der Waals surface area contributed by atoms with Gasteiger partial charge in [-0.15, -0.1) is 0 Å². The number of benzene rings is 2. The van der Waals surface area contributed by atoms with E-state index in [1.165, 1.54) is 23.1 Å². The van der Waals surface area contributed by atoms with Crippen LogP contribution in [0.1, 0.15) is 38.1 Å². The molecule has 0 unspecified atom stereocenters. The first-order valence-corrected chi connectivity index (χ1v) is 13.6. The summed E-state index contributed by atoms with van der Waals surface area (Å²) in [4.78, 5) is 33.0. The zero-order valence-corrected chi connectivity index (χ0v) is 22.7. The summed E-state index contributed by atoms with van der Waals surface area (Å²) in [7, 11) is 0. The van der Waals surface area contributed by atoms with Gasteiger partial charge >= 0.3 is 5.97 Å². The number of thiazole rings is 1. The van der Waals surface area contributed by atoms with Gasteiger partial charge in [-0.1, -0.05) is 65.0 Å². The molecule has 0 aliphatic carbocycles. The Kier molecular flexibility index (Phi) is 7.24. The van der Waals surface area contributed by atoms with E-state index >= 15 is 0 Å². The fraction of sp³-hybridized carbons (Fsp3) is 0.179. The number of aromatic nitrogens is 1. The lowest BCUT2D eigenvalue weighted by atomic mass is 9.96. The summed E-state index contributed by atoms with van der Waals surface area (Å²) in [5.41, 5.74) is 1.31. The minimum Gasteiger partial charge on any atom is -0.459 e. The van der Waals surface area contributed by atoms with Crippen molar-refractivity contribution in [3.63, 3.8) is 0 Å². The van der Waals surface area contributed by atoms with E-state index in [1.807, 2.05) is 54.6 Å². The SMILES string of the molecule is CC1=C(C(=O)OC(C)C)[C@@H](c2ccc(Cl)cc2)n2c(s/c(=C/c3ccc(Sc4ccccc4)o3)c2=O)=N1. The van der Waals surface area contributed by atoms with E-state index in [0.29, 0.717) is 31.4 Å². The summed E-state index contributed by atoms with van der Waals surface area (Å²) in [6, 6.07) is 20.0. The molecule has 0 spiro atoms. The van der Waals surface area contributed by atoms with Crippen LogP contribution >= 0.6 is 34.7 Å². The number of nitrogens with zero attached hydrogens (tertiary/aromatic N) is 2. The Bertz CT molecular complexity index is 1670. The highest BCUT2D eigenvalue weighted by Gasteiger charge is 2.33. The van der Waals surface area contributed by atoms with Gasteiger partial charge in [0.25, 0.3) is 5.56 Å². The van der Waals surface area contributed by atoms with Crippen molar-refractivity contribution >= 4 is 46.7 Å². The molecule has 2 aromatic carbocycles. The third kappa shape index (κ3) is 5.37. The van der Waals surface area contributed by atoms with E-state index in [2.05, 4.69) is 4.99 Å². The van der Waals surface area contributed by atoms with Crippen LogP contribution < -0.4 is 14.9 Å². The Labute approximate surface area is 226 Å². The number of carbonyl (C=O) groups excluding carboxylic acids is 1. The normalized spacial score (nSPS) is 15.6. The second-order valence-electron chi connectivity index (χ2n) is 8.66. The number of carbonyl (C=O) groups is 1. The molecular weight excluding hydrogens is 528 g/mol. The average Bonchev–Trinajstić information content (AvgIpc) is 3.42. The van der Waals surface area contributed by atoms with Gasteiger partial charge < -0.3 is 9.15 Å². The molecule has 0 saturated carbocycles. The molecule has 9 heteroatoms. The standard InChI is InChI=1S/C28H23ClN2O4S2/c1-16(2)34-27(33)24-17(3)30-28-31(25(24)18-9-11-19(29)12-10-18)26(32)22(37-28)15-20-13-14-23(35-20)36-21-7-5-4-6-8-21/h4-16,25H,1-3H3/b22-15+/t25-/m1/s1. The maximum Gasteiger partial charge on any atom is 0.338 e. The zero-order chi connectivity index (χ0) is 26.1. The molecule has 0 N–H and O–H groups in total. The van der Waals surface area contributed by atoms with Crippen molar-refractivity contribution in [1.29, 1.82) is 0 Å². The molecular formula is C28H23ClN2O4S2. The van der Waals surface area contributed by atoms with Crippen LogP contribution in [0.3, 0.4) is 0 Å². The summed E-state index contributed by atoms with van der Waals surface area (Å²) in [5.74, 6) is 0.0565. The summed E-state index contributed by atoms with van der Waals surface area (Å²) < 4.78 is 13.5. The highest BCUT2D eigenvalue weighted by molar-refractivity contribution is 7.99. The van der Waals surface area contributed by atoms with Gasteiger partial charge in [-0.05, 0) is 62.7 Å². The lowest BCUT2D eigenvalue weighted by molar-refractivity contribution is -0.143. The molecule has 4 aromatic rings. The largest absolute Gasteiger partial charge is 0.459 e. The Hall–Kier alpha value is -3.33. The molecule has 0 bridgehead atoms. The first-order valence-electron chi connectivity index (χ1n) is 11.6. The molecule has 1 aliphatic rings. The minimum absolute atomic E-state index is 0.264. The van der Waals surface area contributed by atoms with Gasteiger partial charge in [0.1, 0.15) is 5.76 Å². The number of rotatable bonds is 6. The Morgan fingerprint density at radius 2 is 1.86 bits per heavy atom. The number of fused-ring (bicyclic) bond motifs is 1. The van der Waals surface area contributed by atoms with Crippen LogP contribution in [0.25, 0.3) is 6.08 Å². The van der Waals surface area contributed by atoms with Crippen molar-refractivity contribution in [3.05, 3.63) is 114 Å². The quantitative estimate of drug-likeness (QED) is 0.293. The van der Waals surface area contributed by atoms with Gasteiger partial charge in [0, 0.05) is 16.0 Å². The fourth-order valence-electron chi connectivity index (χ4n) is 4.02. The first-order chi connectivity index (χ1) is 17.8. The van der Waals surface area contributed by atoms with Crippen molar-refractivity contribution in [3.8, 4) is 0 Å². The summed E-state index contributed by atoms with van der Waals surface area (Å²) in [6.07, 6.45) is 1.40. The van der Waals surface area contributed by atoms with Crippen LogP contribution in [0.4, 0.5) is 0 Å². The van der Waals surface area contributed by atoms with Crippen molar-refractivity contribution in [1.82, 2.24) is 4.57 Å². The number of hydrogen-bond donors (Lipinski definition) is 0. The molecule has 0 amide bonds. The maximum atomic E-state index is 13.7. The molecule has 6 nitrogen and oxygen atoms in total. The number of ether oxygens (including phenoxy) is 1. The Morgan fingerprint density at radius 3 is 2.57 bits per heavy atom.